The maximum atomic E-state index is 12.0. The molecule has 0 spiro atoms. The molecule has 0 bridgehead atoms. The number of hydrogen-bond acceptors (Lipinski definition) is 4. The Morgan fingerprint density at radius 1 is 1.18 bits per heavy atom. The van der Waals surface area contributed by atoms with Crippen LogP contribution in [-0.4, -0.2) is 38.1 Å². The van der Waals surface area contributed by atoms with Crippen molar-refractivity contribution in [1.29, 1.82) is 0 Å². The molecule has 1 aromatic carbocycles. The number of amides is 1. The number of aromatic nitrogens is 4. The Hall–Kier alpha value is -2.24. The molecular weight excluding hydrogens is 278 g/mol. The van der Waals surface area contributed by atoms with Crippen LogP contribution >= 0.6 is 0 Å². The fraction of sp³-hybridized carbons (Fsp3) is 0.500. The highest BCUT2D eigenvalue weighted by Crippen LogP contribution is 2.41. The molecule has 1 amide bonds. The standard InChI is InChI=1S/C16H21N5O/c1-13(22)20(2)16(11-7-4-8-12-16)15-17-18-19-21(15)14-9-5-3-6-10-14/h3,5-6,9-10H,4,7-8,11-12H2,1-2H3. The molecule has 0 radical (unpaired) electrons. The lowest BCUT2D eigenvalue weighted by atomic mass is 9.79. The van der Waals surface area contributed by atoms with Gasteiger partial charge >= 0.3 is 0 Å². The Kier molecular flexibility index (Phi) is 3.92. The van der Waals surface area contributed by atoms with Crippen LogP contribution < -0.4 is 0 Å². The molecule has 2 aromatic rings. The lowest BCUT2D eigenvalue weighted by Crippen LogP contribution is -2.49. The smallest absolute Gasteiger partial charge is 0.220 e. The molecule has 1 heterocycles. The van der Waals surface area contributed by atoms with Crippen molar-refractivity contribution < 1.29 is 4.79 Å². The Labute approximate surface area is 130 Å². The first kappa shape index (κ1) is 14.7. The number of benzene rings is 1. The number of carbonyl (C=O) groups excluding carboxylic acids is 1. The zero-order valence-corrected chi connectivity index (χ0v) is 13.1. The van der Waals surface area contributed by atoms with Crippen molar-refractivity contribution in [2.24, 2.45) is 0 Å². The van der Waals surface area contributed by atoms with Crippen molar-refractivity contribution in [3.05, 3.63) is 36.2 Å². The quantitative estimate of drug-likeness (QED) is 0.872. The minimum absolute atomic E-state index is 0.0458. The maximum absolute atomic E-state index is 12.0. The lowest BCUT2D eigenvalue weighted by molar-refractivity contribution is -0.135. The van der Waals surface area contributed by atoms with Gasteiger partial charge in [-0.1, -0.05) is 37.5 Å². The predicted octanol–water partition coefficient (Wildman–Crippen LogP) is 2.30. The molecule has 1 fully saturated rings. The van der Waals surface area contributed by atoms with Crippen LogP contribution in [-0.2, 0) is 10.3 Å². The van der Waals surface area contributed by atoms with E-state index in [1.165, 1.54) is 6.42 Å². The fourth-order valence-corrected chi connectivity index (χ4v) is 3.37. The molecule has 1 saturated carbocycles. The van der Waals surface area contributed by atoms with Gasteiger partial charge in [-0.25, -0.2) is 0 Å². The minimum atomic E-state index is -0.413. The van der Waals surface area contributed by atoms with E-state index in [2.05, 4.69) is 15.5 Å². The van der Waals surface area contributed by atoms with Crippen molar-refractivity contribution in [3.63, 3.8) is 0 Å². The van der Waals surface area contributed by atoms with Crippen LogP contribution in [0.15, 0.2) is 30.3 Å². The van der Waals surface area contributed by atoms with Crippen molar-refractivity contribution in [3.8, 4) is 5.69 Å². The lowest BCUT2D eigenvalue weighted by Gasteiger charge is -2.42. The van der Waals surface area contributed by atoms with Gasteiger partial charge in [-0.3, -0.25) is 4.79 Å². The van der Waals surface area contributed by atoms with Crippen molar-refractivity contribution in [2.45, 2.75) is 44.6 Å². The van der Waals surface area contributed by atoms with Gasteiger partial charge in [-0.2, -0.15) is 4.68 Å². The van der Waals surface area contributed by atoms with Crippen LogP contribution in [0.25, 0.3) is 5.69 Å². The van der Waals surface area contributed by atoms with E-state index in [0.29, 0.717) is 0 Å². The van der Waals surface area contributed by atoms with E-state index >= 15 is 0 Å². The van der Waals surface area contributed by atoms with Crippen molar-refractivity contribution in [1.82, 2.24) is 25.1 Å². The molecular formula is C16H21N5O. The third kappa shape index (κ3) is 2.38. The van der Waals surface area contributed by atoms with Gasteiger partial charge in [0.25, 0.3) is 0 Å². The topological polar surface area (TPSA) is 63.9 Å². The second-order valence-corrected chi connectivity index (χ2v) is 5.92. The summed E-state index contributed by atoms with van der Waals surface area (Å²) in [5.74, 6) is 0.806. The zero-order valence-electron chi connectivity index (χ0n) is 13.1. The molecule has 3 rings (SSSR count). The summed E-state index contributed by atoms with van der Waals surface area (Å²) >= 11 is 0. The molecule has 6 heteroatoms. The van der Waals surface area contributed by atoms with Gasteiger partial charge in [0, 0.05) is 14.0 Å². The normalized spacial score (nSPS) is 17.2. The number of rotatable bonds is 3. The average Bonchev–Trinajstić information content (AvgIpc) is 3.05. The number of carbonyl (C=O) groups is 1. The van der Waals surface area contributed by atoms with E-state index in [9.17, 15) is 4.79 Å². The van der Waals surface area contributed by atoms with Gasteiger partial charge in [-0.15, -0.1) is 5.10 Å². The summed E-state index contributed by atoms with van der Waals surface area (Å²) in [6.07, 6.45) is 5.16. The number of tetrazole rings is 1. The Balaban J connectivity index is 2.10. The molecule has 6 nitrogen and oxygen atoms in total. The van der Waals surface area contributed by atoms with E-state index < -0.39 is 5.54 Å². The summed E-state index contributed by atoms with van der Waals surface area (Å²) in [6, 6.07) is 9.84. The molecule has 0 saturated heterocycles. The Morgan fingerprint density at radius 2 is 1.86 bits per heavy atom. The van der Waals surface area contributed by atoms with E-state index in [0.717, 1.165) is 37.2 Å². The first-order valence-electron chi connectivity index (χ1n) is 7.74. The molecule has 1 aliphatic carbocycles. The van der Waals surface area contributed by atoms with Crippen LogP contribution in [0.4, 0.5) is 0 Å². The summed E-state index contributed by atoms with van der Waals surface area (Å²) in [5.41, 5.74) is 0.507. The summed E-state index contributed by atoms with van der Waals surface area (Å²) in [7, 11) is 1.86. The van der Waals surface area contributed by atoms with Gasteiger partial charge in [0.05, 0.1) is 5.69 Å². The summed E-state index contributed by atoms with van der Waals surface area (Å²) in [6.45, 7) is 1.60. The number of nitrogens with zero attached hydrogens (tertiary/aromatic N) is 5. The second kappa shape index (κ2) is 5.87. The SMILES string of the molecule is CC(=O)N(C)C1(c2nnnn2-c2ccccc2)CCCCC1. The largest absolute Gasteiger partial charge is 0.333 e. The van der Waals surface area contributed by atoms with Crippen molar-refractivity contribution in [2.75, 3.05) is 7.05 Å². The molecule has 1 aliphatic rings. The van der Waals surface area contributed by atoms with Gasteiger partial charge in [0.15, 0.2) is 5.82 Å². The molecule has 22 heavy (non-hydrogen) atoms. The van der Waals surface area contributed by atoms with E-state index in [1.54, 1.807) is 11.6 Å². The molecule has 0 unspecified atom stereocenters. The molecule has 116 valence electrons. The van der Waals surface area contributed by atoms with Crippen LogP contribution in [0, 0.1) is 0 Å². The van der Waals surface area contributed by atoms with E-state index in [4.69, 9.17) is 0 Å². The van der Waals surface area contributed by atoms with Gasteiger partial charge in [-0.05, 0) is 35.4 Å². The second-order valence-electron chi connectivity index (χ2n) is 5.92. The number of hydrogen-bond donors (Lipinski definition) is 0. The van der Waals surface area contributed by atoms with Crippen LogP contribution in [0.2, 0.25) is 0 Å². The highest BCUT2D eigenvalue weighted by atomic mass is 16.2. The number of para-hydroxylation sites is 1. The summed E-state index contributed by atoms with van der Waals surface area (Å²) in [4.78, 5) is 13.9. The highest BCUT2D eigenvalue weighted by Gasteiger charge is 2.43. The summed E-state index contributed by atoms with van der Waals surface area (Å²) < 4.78 is 1.77. The Morgan fingerprint density at radius 3 is 2.50 bits per heavy atom. The van der Waals surface area contributed by atoms with E-state index in [1.807, 2.05) is 42.3 Å². The third-order valence-corrected chi connectivity index (χ3v) is 4.68. The molecule has 0 N–H and O–H groups in total. The Bertz CT molecular complexity index is 646. The first-order valence-corrected chi connectivity index (χ1v) is 7.74. The van der Waals surface area contributed by atoms with Gasteiger partial charge in [0.2, 0.25) is 5.91 Å². The highest BCUT2D eigenvalue weighted by molar-refractivity contribution is 5.74. The third-order valence-electron chi connectivity index (χ3n) is 4.68. The van der Waals surface area contributed by atoms with Crippen LogP contribution in [0.3, 0.4) is 0 Å². The van der Waals surface area contributed by atoms with Crippen LogP contribution in [0.1, 0.15) is 44.9 Å². The monoisotopic (exact) mass is 299 g/mol. The molecule has 0 aliphatic heterocycles. The average molecular weight is 299 g/mol. The minimum Gasteiger partial charge on any atom is -0.333 e. The first-order chi connectivity index (χ1) is 10.6. The fourth-order valence-electron chi connectivity index (χ4n) is 3.37. The van der Waals surface area contributed by atoms with Crippen molar-refractivity contribution >= 4 is 5.91 Å². The summed E-state index contributed by atoms with van der Waals surface area (Å²) in [5, 5.41) is 12.4. The van der Waals surface area contributed by atoms with E-state index in [-0.39, 0.29) is 5.91 Å². The van der Waals surface area contributed by atoms with Crippen LogP contribution in [0.5, 0.6) is 0 Å². The van der Waals surface area contributed by atoms with Gasteiger partial charge in [0.1, 0.15) is 5.54 Å². The molecule has 0 atom stereocenters. The van der Waals surface area contributed by atoms with Gasteiger partial charge < -0.3 is 4.90 Å². The zero-order chi connectivity index (χ0) is 15.6. The molecule has 1 aromatic heterocycles. The maximum Gasteiger partial charge on any atom is 0.220 e. The predicted molar refractivity (Wildman–Crippen MR) is 82.4 cm³/mol.